The van der Waals surface area contributed by atoms with Crippen LogP contribution in [0.25, 0.3) is 0 Å². The standard InChI is InChI=1S/C31H60N2O6/c1-4-5-6-7-8-15-20-28-39-31(37)24-17-12-10-14-19-26-33(27-21-22-29(34)32(2)38-3)25-18-13-9-11-16-23-30(35)36/h4-28H2,1-3H3,(H,35,36). The number of hydroxylamine groups is 2. The largest absolute Gasteiger partial charge is 0.481 e. The predicted molar refractivity (Wildman–Crippen MR) is 157 cm³/mol. The SMILES string of the molecule is CCCCCCCCCOC(=O)CCCCCCCN(CCCCCCCC(=O)O)CCCC(=O)N(C)OC. The predicted octanol–water partition coefficient (Wildman–Crippen LogP) is 7.15. The van der Waals surface area contributed by atoms with E-state index >= 15 is 0 Å². The zero-order valence-corrected chi connectivity index (χ0v) is 25.6. The van der Waals surface area contributed by atoms with Crippen molar-refractivity contribution in [1.29, 1.82) is 0 Å². The van der Waals surface area contributed by atoms with Gasteiger partial charge in [0.15, 0.2) is 0 Å². The quantitative estimate of drug-likeness (QED) is 0.0594. The molecule has 1 amide bonds. The Balaban J connectivity index is 3.97. The van der Waals surface area contributed by atoms with E-state index in [0.717, 1.165) is 103 Å². The van der Waals surface area contributed by atoms with E-state index in [-0.39, 0.29) is 18.3 Å². The molecule has 8 heteroatoms. The molecule has 0 radical (unpaired) electrons. The van der Waals surface area contributed by atoms with Crippen molar-refractivity contribution in [2.45, 2.75) is 142 Å². The fraction of sp³-hybridized carbons (Fsp3) is 0.903. The number of nitrogens with zero attached hydrogens (tertiary/aromatic N) is 2. The van der Waals surface area contributed by atoms with Crippen molar-refractivity contribution < 1.29 is 29.1 Å². The van der Waals surface area contributed by atoms with Crippen LogP contribution in [0.5, 0.6) is 0 Å². The second-order valence-corrected chi connectivity index (χ2v) is 10.8. The molecule has 0 aliphatic carbocycles. The maximum absolute atomic E-state index is 12.0. The summed E-state index contributed by atoms with van der Waals surface area (Å²) in [6, 6.07) is 0. The molecule has 0 rings (SSSR count). The van der Waals surface area contributed by atoms with E-state index in [0.29, 0.717) is 19.4 Å². The van der Waals surface area contributed by atoms with E-state index in [9.17, 15) is 14.4 Å². The Labute approximate surface area is 239 Å². The van der Waals surface area contributed by atoms with Crippen molar-refractivity contribution >= 4 is 17.8 Å². The molecule has 0 bridgehead atoms. The van der Waals surface area contributed by atoms with Gasteiger partial charge in [-0.25, -0.2) is 5.06 Å². The third-order valence-electron chi connectivity index (χ3n) is 7.22. The summed E-state index contributed by atoms with van der Waals surface area (Å²) in [7, 11) is 3.14. The lowest BCUT2D eigenvalue weighted by Gasteiger charge is -2.23. The Kier molecular flexibility index (Phi) is 26.7. The molecule has 39 heavy (non-hydrogen) atoms. The van der Waals surface area contributed by atoms with Gasteiger partial charge in [0.05, 0.1) is 13.7 Å². The summed E-state index contributed by atoms with van der Waals surface area (Å²) >= 11 is 0. The van der Waals surface area contributed by atoms with Crippen LogP contribution in [0.15, 0.2) is 0 Å². The van der Waals surface area contributed by atoms with Crippen LogP contribution in [0.3, 0.4) is 0 Å². The Morgan fingerprint density at radius 2 is 1.10 bits per heavy atom. The van der Waals surface area contributed by atoms with E-state index < -0.39 is 5.97 Å². The van der Waals surface area contributed by atoms with Gasteiger partial charge in [-0.05, 0) is 58.2 Å². The maximum atomic E-state index is 12.0. The topological polar surface area (TPSA) is 96.4 Å². The van der Waals surface area contributed by atoms with Gasteiger partial charge in [0.2, 0.25) is 5.91 Å². The number of hydrogen-bond donors (Lipinski definition) is 1. The number of esters is 1. The highest BCUT2D eigenvalue weighted by atomic mass is 16.7. The first-order chi connectivity index (χ1) is 18.9. The molecule has 0 unspecified atom stereocenters. The lowest BCUT2D eigenvalue weighted by Crippen LogP contribution is -2.30. The van der Waals surface area contributed by atoms with Gasteiger partial charge in [-0.15, -0.1) is 0 Å². The Morgan fingerprint density at radius 1 is 0.615 bits per heavy atom. The van der Waals surface area contributed by atoms with Gasteiger partial charge in [0.1, 0.15) is 0 Å². The monoisotopic (exact) mass is 556 g/mol. The summed E-state index contributed by atoms with van der Waals surface area (Å²) in [5.74, 6) is -0.769. The first-order valence-electron chi connectivity index (χ1n) is 15.8. The summed E-state index contributed by atoms with van der Waals surface area (Å²) in [6.45, 7) is 5.72. The van der Waals surface area contributed by atoms with E-state index in [1.807, 2.05) is 0 Å². The van der Waals surface area contributed by atoms with E-state index in [2.05, 4.69) is 11.8 Å². The third-order valence-corrected chi connectivity index (χ3v) is 7.22. The number of amides is 1. The van der Waals surface area contributed by atoms with Crippen LogP contribution in [0, 0.1) is 0 Å². The third kappa shape index (κ3) is 26.3. The zero-order valence-electron chi connectivity index (χ0n) is 25.6. The fourth-order valence-corrected chi connectivity index (χ4v) is 4.64. The van der Waals surface area contributed by atoms with Crippen molar-refractivity contribution in [2.24, 2.45) is 0 Å². The van der Waals surface area contributed by atoms with E-state index in [4.69, 9.17) is 14.7 Å². The van der Waals surface area contributed by atoms with Gasteiger partial charge in [0, 0.05) is 26.3 Å². The van der Waals surface area contributed by atoms with Crippen molar-refractivity contribution in [1.82, 2.24) is 9.96 Å². The number of carbonyl (C=O) groups is 3. The fourth-order valence-electron chi connectivity index (χ4n) is 4.64. The molecule has 0 heterocycles. The normalized spacial score (nSPS) is 11.2. The summed E-state index contributed by atoms with van der Waals surface area (Å²) in [6.07, 6.45) is 21.0. The Hall–Kier alpha value is -1.67. The zero-order chi connectivity index (χ0) is 29.0. The number of hydrogen-bond acceptors (Lipinski definition) is 6. The lowest BCUT2D eigenvalue weighted by atomic mass is 10.1. The van der Waals surface area contributed by atoms with Crippen LogP contribution in [0.4, 0.5) is 0 Å². The number of ether oxygens (including phenoxy) is 1. The molecule has 0 fully saturated rings. The lowest BCUT2D eigenvalue weighted by molar-refractivity contribution is -0.168. The van der Waals surface area contributed by atoms with Gasteiger partial charge in [-0.1, -0.05) is 84.0 Å². The molecule has 0 spiro atoms. The first-order valence-corrected chi connectivity index (χ1v) is 15.8. The number of aliphatic carboxylic acids is 1. The van der Waals surface area contributed by atoms with Crippen molar-refractivity contribution in [3.8, 4) is 0 Å². The minimum atomic E-state index is -0.714. The molecular weight excluding hydrogens is 496 g/mol. The highest BCUT2D eigenvalue weighted by Crippen LogP contribution is 2.11. The second-order valence-electron chi connectivity index (χ2n) is 10.8. The van der Waals surface area contributed by atoms with Crippen molar-refractivity contribution in [2.75, 3.05) is 40.4 Å². The molecule has 0 aliphatic rings. The van der Waals surface area contributed by atoms with E-state index in [1.165, 1.54) is 44.3 Å². The van der Waals surface area contributed by atoms with Gasteiger partial charge < -0.3 is 14.7 Å². The van der Waals surface area contributed by atoms with Gasteiger partial charge >= 0.3 is 11.9 Å². The summed E-state index contributed by atoms with van der Waals surface area (Å²) in [4.78, 5) is 42.0. The van der Waals surface area contributed by atoms with Crippen LogP contribution in [-0.2, 0) is 24.0 Å². The maximum Gasteiger partial charge on any atom is 0.305 e. The number of rotatable bonds is 29. The average molecular weight is 557 g/mol. The minimum Gasteiger partial charge on any atom is -0.481 e. The molecule has 0 saturated heterocycles. The molecule has 0 aliphatic heterocycles. The van der Waals surface area contributed by atoms with Crippen molar-refractivity contribution in [3.63, 3.8) is 0 Å². The first kappa shape index (κ1) is 37.3. The second kappa shape index (κ2) is 27.9. The molecule has 0 saturated carbocycles. The highest BCUT2D eigenvalue weighted by molar-refractivity contribution is 5.74. The van der Waals surface area contributed by atoms with Crippen LogP contribution in [0.2, 0.25) is 0 Å². The Bertz CT molecular complexity index is 602. The number of carboxylic acid groups (broad SMARTS) is 1. The molecule has 8 nitrogen and oxygen atoms in total. The van der Waals surface area contributed by atoms with Crippen LogP contribution < -0.4 is 0 Å². The number of unbranched alkanes of at least 4 members (excludes halogenated alkanes) is 14. The molecular formula is C31H60N2O6. The van der Waals surface area contributed by atoms with Crippen LogP contribution in [0.1, 0.15) is 142 Å². The minimum absolute atomic E-state index is 0.00295. The molecule has 0 aromatic rings. The van der Waals surface area contributed by atoms with Gasteiger partial charge in [0.25, 0.3) is 0 Å². The molecule has 0 aromatic heterocycles. The average Bonchev–Trinajstić information content (AvgIpc) is 2.92. The van der Waals surface area contributed by atoms with E-state index in [1.54, 1.807) is 7.05 Å². The summed E-state index contributed by atoms with van der Waals surface area (Å²) < 4.78 is 5.38. The molecule has 0 atom stereocenters. The summed E-state index contributed by atoms with van der Waals surface area (Å²) in [5.41, 5.74) is 0. The number of carboxylic acids is 1. The van der Waals surface area contributed by atoms with Crippen molar-refractivity contribution in [3.05, 3.63) is 0 Å². The van der Waals surface area contributed by atoms with Crippen LogP contribution >= 0.6 is 0 Å². The number of carbonyl (C=O) groups excluding carboxylic acids is 2. The molecule has 0 aromatic carbocycles. The smallest absolute Gasteiger partial charge is 0.305 e. The highest BCUT2D eigenvalue weighted by Gasteiger charge is 2.10. The van der Waals surface area contributed by atoms with Crippen LogP contribution in [-0.4, -0.2) is 73.3 Å². The molecule has 230 valence electrons. The Morgan fingerprint density at radius 3 is 1.67 bits per heavy atom. The van der Waals surface area contributed by atoms with Gasteiger partial charge in [-0.2, -0.15) is 0 Å². The van der Waals surface area contributed by atoms with Gasteiger partial charge in [-0.3, -0.25) is 19.2 Å². The summed E-state index contributed by atoms with van der Waals surface area (Å²) in [5, 5.41) is 10.0. The molecule has 1 N–H and O–H groups in total.